The lowest BCUT2D eigenvalue weighted by Crippen LogP contribution is -2.17. The van der Waals surface area contributed by atoms with Crippen LogP contribution in [0.25, 0.3) is 0 Å². The predicted octanol–water partition coefficient (Wildman–Crippen LogP) is 3.18. The largest absolute Gasteiger partial charge is 0.347 e. The van der Waals surface area contributed by atoms with Crippen molar-refractivity contribution in [3.05, 3.63) is 35.9 Å². The summed E-state index contributed by atoms with van der Waals surface area (Å²) in [7, 11) is -1.28. The van der Waals surface area contributed by atoms with Gasteiger partial charge >= 0.3 is 0 Å². The van der Waals surface area contributed by atoms with Crippen molar-refractivity contribution in [2.45, 2.75) is 38.3 Å². The van der Waals surface area contributed by atoms with E-state index in [0.29, 0.717) is 0 Å². The van der Waals surface area contributed by atoms with E-state index in [0.717, 1.165) is 0 Å². The summed E-state index contributed by atoms with van der Waals surface area (Å²) in [6.07, 6.45) is 0.0848. The van der Waals surface area contributed by atoms with Gasteiger partial charge in [-0.05, 0) is 12.5 Å². The highest BCUT2D eigenvalue weighted by Crippen LogP contribution is 2.45. The molecule has 0 spiro atoms. The molecule has 0 N–H and O–H groups in total. The Morgan fingerprint density at radius 1 is 1.19 bits per heavy atom. The summed E-state index contributed by atoms with van der Waals surface area (Å²) < 4.78 is 5.73. The fraction of sp³-hybridized carbons (Fsp3) is 0.429. The van der Waals surface area contributed by atoms with Gasteiger partial charge in [-0.3, -0.25) is 0 Å². The van der Waals surface area contributed by atoms with E-state index in [1.54, 1.807) is 0 Å². The number of rotatable bonds is 1. The van der Waals surface area contributed by atoms with Crippen molar-refractivity contribution in [1.29, 1.82) is 0 Å². The van der Waals surface area contributed by atoms with Crippen molar-refractivity contribution in [2.75, 3.05) is 0 Å². The van der Waals surface area contributed by atoms with E-state index in [1.165, 1.54) is 5.56 Å². The Morgan fingerprint density at radius 2 is 1.81 bits per heavy atom. The molecule has 2 heteroatoms. The van der Waals surface area contributed by atoms with E-state index in [4.69, 9.17) is 4.74 Å². The average molecular weight is 230 g/mol. The highest BCUT2D eigenvalue weighted by Gasteiger charge is 2.52. The molecule has 1 aromatic carbocycles. The Hall–Kier alpha value is -1.04. The van der Waals surface area contributed by atoms with Gasteiger partial charge in [0, 0.05) is 0 Å². The molecular weight excluding hydrogens is 212 g/mol. The number of benzene rings is 1. The molecule has 1 aliphatic heterocycles. The van der Waals surface area contributed by atoms with Gasteiger partial charge in [-0.25, -0.2) is 0 Å². The number of hydrogen-bond donors (Lipinski definition) is 0. The molecule has 0 radical (unpaired) electrons. The topological polar surface area (TPSA) is 12.5 Å². The third-order valence-corrected chi connectivity index (χ3v) is 3.63. The van der Waals surface area contributed by atoms with Gasteiger partial charge in [0.15, 0.2) is 6.10 Å². The van der Waals surface area contributed by atoms with E-state index >= 15 is 0 Å². The van der Waals surface area contributed by atoms with Crippen molar-refractivity contribution in [1.82, 2.24) is 0 Å². The molecule has 1 aliphatic rings. The molecule has 0 bridgehead atoms. The quantitative estimate of drug-likeness (QED) is 0.410. The Morgan fingerprint density at radius 3 is 2.38 bits per heavy atom. The van der Waals surface area contributed by atoms with Crippen LogP contribution in [0.15, 0.2) is 30.3 Å². The van der Waals surface area contributed by atoms with Crippen LogP contribution in [0.5, 0.6) is 0 Å². The van der Waals surface area contributed by atoms with Gasteiger partial charge in [-0.1, -0.05) is 55.9 Å². The van der Waals surface area contributed by atoms with Crippen LogP contribution in [-0.4, -0.2) is 14.2 Å². The smallest absolute Gasteiger partial charge is 0.151 e. The fourth-order valence-electron chi connectivity index (χ4n) is 1.65. The highest BCUT2D eigenvalue weighted by atomic mass is 28.3. The fourth-order valence-corrected chi connectivity index (χ4v) is 2.21. The first kappa shape index (κ1) is 11.4. The Balaban J connectivity index is 2.13. The first-order valence-electron chi connectivity index (χ1n) is 5.68. The molecule has 0 saturated carbocycles. The molecule has 1 saturated heterocycles. The van der Waals surface area contributed by atoms with E-state index in [-0.39, 0.29) is 11.7 Å². The van der Waals surface area contributed by atoms with Crippen molar-refractivity contribution in [3.8, 4) is 11.5 Å². The van der Waals surface area contributed by atoms with Gasteiger partial charge in [-0.2, -0.15) is 0 Å². The molecule has 2 atom stereocenters. The molecule has 0 amide bonds. The second-order valence-electron chi connectivity index (χ2n) is 5.49. The molecule has 16 heavy (non-hydrogen) atoms. The van der Waals surface area contributed by atoms with Crippen LogP contribution in [0, 0.1) is 11.5 Å². The maximum absolute atomic E-state index is 5.73. The zero-order valence-electron chi connectivity index (χ0n) is 10.4. The summed E-state index contributed by atoms with van der Waals surface area (Å²) >= 11 is 0. The zero-order valence-corrected chi connectivity index (χ0v) is 11.4. The minimum absolute atomic E-state index is 0.0848. The second kappa shape index (κ2) is 3.76. The summed E-state index contributed by atoms with van der Waals surface area (Å²) in [5.74, 6) is 3.28. The first-order chi connectivity index (χ1) is 7.42. The molecule has 84 valence electrons. The van der Waals surface area contributed by atoms with Crippen LogP contribution < -0.4 is 0 Å². The summed E-state index contributed by atoms with van der Waals surface area (Å²) in [5, 5.41) is 0. The second-order valence-corrected chi connectivity index (χ2v) is 10.2. The van der Waals surface area contributed by atoms with Crippen LogP contribution in [0.3, 0.4) is 0 Å². The van der Waals surface area contributed by atoms with Crippen LogP contribution in [0.4, 0.5) is 0 Å². The van der Waals surface area contributed by atoms with Gasteiger partial charge in [-0.15, -0.1) is 5.54 Å². The number of hydrogen-bond acceptors (Lipinski definition) is 1. The molecule has 1 heterocycles. The molecule has 0 unspecified atom stereocenters. The standard InChI is InChI=1S/C14H18OSi/c1-14(12-8-6-5-7-9-12)13(15-14)10-11-16(2,3)4/h5-9,13H,1-4H3/t13-,14+/m0/s1. The van der Waals surface area contributed by atoms with Crippen molar-refractivity contribution in [3.63, 3.8) is 0 Å². The monoisotopic (exact) mass is 230 g/mol. The van der Waals surface area contributed by atoms with Crippen LogP contribution in [0.1, 0.15) is 12.5 Å². The summed E-state index contributed by atoms with van der Waals surface area (Å²) in [5.41, 5.74) is 4.43. The van der Waals surface area contributed by atoms with Crippen molar-refractivity contribution in [2.24, 2.45) is 0 Å². The minimum atomic E-state index is -1.28. The van der Waals surface area contributed by atoms with E-state index in [9.17, 15) is 0 Å². The lowest BCUT2D eigenvalue weighted by atomic mass is 9.98. The van der Waals surface area contributed by atoms with Crippen LogP contribution in [0.2, 0.25) is 19.6 Å². The normalized spacial score (nSPS) is 28.1. The molecule has 1 fully saturated rings. The average Bonchev–Trinajstić information content (AvgIpc) is 2.89. The van der Waals surface area contributed by atoms with E-state index in [1.807, 2.05) is 18.2 Å². The number of epoxide rings is 1. The van der Waals surface area contributed by atoms with Crippen molar-refractivity contribution >= 4 is 8.07 Å². The maximum atomic E-state index is 5.73. The molecule has 0 aliphatic carbocycles. The SMILES string of the molecule is C[C@]1(c2ccccc2)O[C@H]1C#C[Si](C)(C)C. The summed E-state index contributed by atoms with van der Waals surface area (Å²) in [6.45, 7) is 8.87. The van der Waals surface area contributed by atoms with E-state index < -0.39 is 8.07 Å². The maximum Gasteiger partial charge on any atom is 0.151 e. The lowest BCUT2D eigenvalue weighted by Gasteiger charge is -2.05. The lowest BCUT2D eigenvalue weighted by molar-refractivity contribution is 0.322. The van der Waals surface area contributed by atoms with Gasteiger partial charge in [0.1, 0.15) is 13.7 Å². The van der Waals surface area contributed by atoms with Crippen LogP contribution >= 0.6 is 0 Å². The molecular formula is C14H18OSi. The molecule has 1 aromatic rings. The zero-order chi connectivity index (χ0) is 11.8. The van der Waals surface area contributed by atoms with Gasteiger partial charge in [0.25, 0.3) is 0 Å². The Kier molecular flexibility index (Phi) is 2.69. The predicted molar refractivity (Wildman–Crippen MR) is 69.8 cm³/mol. The summed E-state index contributed by atoms with van der Waals surface area (Å²) in [4.78, 5) is 0. The highest BCUT2D eigenvalue weighted by molar-refractivity contribution is 6.83. The Labute approximate surface area is 98.8 Å². The third-order valence-electron chi connectivity index (χ3n) is 2.73. The first-order valence-corrected chi connectivity index (χ1v) is 9.18. The third kappa shape index (κ3) is 2.37. The van der Waals surface area contributed by atoms with Gasteiger partial charge < -0.3 is 4.74 Å². The van der Waals surface area contributed by atoms with Gasteiger partial charge in [0.05, 0.1) is 0 Å². The number of ether oxygens (including phenoxy) is 1. The Bertz CT molecular complexity index is 435. The molecule has 2 rings (SSSR count). The van der Waals surface area contributed by atoms with Crippen LogP contribution in [-0.2, 0) is 10.3 Å². The molecule has 0 aromatic heterocycles. The summed E-state index contributed by atoms with van der Waals surface area (Å²) in [6, 6.07) is 10.3. The minimum Gasteiger partial charge on any atom is -0.347 e. The van der Waals surface area contributed by atoms with E-state index in [2.05, 4.69) is 50.2 Å². The van der Waals surface area contributed by atoms with Gasteiger partial charge in [0.2, 0.25) is 0 Å². The van der Waals surface area contributed by atoms with Crippen molar-refractivity contribution < 1.29 is 4.74 Å². The molecule has 1 nitrogen and oxygen atoms in total.